The maximum absolute atomic E-state index is 12.9. The normalized spacial score (nSPS) is 11.5. The first kappa shape index (κ1) is 17.8. The van der Waals surface area contributed by atoms with E-state index in [0.717, 1.165) is 20.6 Å². The zero-order valence-corrected chi connectivity index (χ0v) is 15.5. The Morgan fingerprint density at radius 1 is 0.964 bits per heavy atom. The molecule has 0 saturated carbocycles. The van der Waals surface area contributed by atoms with Crippen molar-refractivity contribution in [3.8, 4) is 5.88 Å². The molecule has 9 heteroatoms. The van der Waals surface area contributed by atoms with Crippen LogP contribution in [0.3, 0.4) is 0 Å². The van der Waals surface area contributed by atoms with Gasteiger partial charge in [-0.3, -0.25) is 23.3 Å². The summed E-state index contributed by atoms with van der Waals surface area (Å²) in [6.45, 7) is 4.17. The van der Waals surface area contributed by atoms with E-state index in [4.69, 9.17) is 0 Å². The van der Waals surface area contributed by atoms with Gasteiger partial charge in [-0.05, 0) is 19.4 Å². The number of hydrogen-bond donors (Lipinski definition) is 1. The third kappa shape index (κ3) is 2.47. The van der Waals surface area contributed by atoms with E-state index in [1.54, 1.807) is 13.8 Å². The molecule has 3 aromatic heterocycles. The highest BCUT2D eigenvalue weighted by Gasteiger charge is 2.21. The topological polar surface area (TPSA) is 104 Å². The fourth-order valence-corrected chi connectivity index (χ4v) is 3.45. The van der Waals surface area contributed by atoms with Gasteiger partial charge in [0, 0.05) is 13.1 Å². The zero-order valence-electron chi connectivity index (χ0n) is 15.5. The first-order valence-corrected chi connectivity index (χ1v) is 9.00. The van der Waals surface area contributed by atoms with Crippen LogP contribution in [0.5, 0.6) is 5.88 Å². The molecule has 0 spiro atoms. The van der Waals surface area contributed by atoms with Crippen molar-refractivity contribution in [3.05, 3.63) is 73.2 Å². The van der Waals surface area contributed by atoms with E-state index in [0.29, 0.717) is 6.54 Å². The number of aryl methyl sites for hydroxylation is 1. The molecular weight excluding hydrogens is 362 g/mol. The molecule has 1 N–H and O–H groups in total. The average molecular weight is 381 g/mol. The van der Waals surface area contributed by atoms with Crippen molar-refractivity contribution in [3.63, 3.8) is 0 Å². The lowest BCUT2D eigenvalue weighted by molar-refractivity contribution is 0.419. The Bertz CT molecular complexity index is 1380. The van der Waals surface area contributed by atoms with Crippen LogP contribution in [0.2, 0.25) is 0 Å². The molecule has 0 aliphatic rings. The van der Waals surface area contributed by atoms with Crippen LogP contribution in [-0.4, -0.2) is 28.2 Å². The lowest BCUT2D eigenvalue weighted by Crippen LogP contribution is -2.40. The van der Waals surface area contributed by atoms with Crippen LogP contribution in [-0.2, 0) is 19.6 Å². The molecule has 9 nitrogen and oxygen atoms in total. The molecule has 4 aromatic rings. The predicted octanol–water partition coefficient (Wildman–Crippen LogP) is 0.766. The molecular formula is C19H19N5O4. The van der Waals surface area contributed by atoms with Crippen molar-refractivity contribution < 1.29 is 5.11 Å². The molecule has 144 valence electrons. The van der Waals surface area contributed by atoms with Gasteiger partial charge in [-0.15, -0.1) is 0 Å². The van der Waals surface area contributed by atoms with E-state index in [9.17, 15) is 19.5 Å². The maximum Gasteiger partial charge on any atom is 0.332 e. The highest BCUT2D eigenvalue weighted by atomic mass is 16.3. The van der Waals surface area contributed by atoms with Gasteiger partial charge in [0.05, 0.1) is 12.6 Å². The molecule has 0 atom stereocenters. The predicted molar refractivity (Wildman–Crippen MR) is 104 cm³/mol. The van der Waals surface area contributed by atoms with Crippen molar-refractivity contribution in [2.45, 2.75) is 33.5 Å². The lowest BCUT2D eigenvalue weighted by atomic mass is 10.2. The van der Waals surface area contributed by atoms with Crippen LogP contribution < -0.4 is 16.8 Å². The van der Waals surface area contributed by atoms with Gasteiger partial charge < -0.3 is 5.11 Å². The second-order valence-corrected chi connectivity index (χ2v) is 6.41. The number of imidazole rings is 1. The fraction of sp³-hybridized carbons (Fsp3) is 0.263. The van der Waals surface area contributed by atoms with E-state index in [1.807, 2.05) is 30.3 Å². The minimum absolute atomic E-state index is 0.0325. The van der Waals surface area contributed by atoms with Crippen molar-refractivity contribution in [1.29, 1.82) is 0 Å². The molecule has 4 rings (SSSR count). The Morgan fingerprint density at radius 2 is 1.64 bits per heavy atom. The maximum atomic E-state index is 12.9. The largest absolute Gasteiger partial charge is 0.494 e. The summed E-state index contributed by atoms with van der Waals surface area (Å²) in [6.07, 6.45) is 0. The lowest BCUT2D eigenvalue weighted by Gasteiger charge is -2.10. The summed E-state index contributed by atoms with van der Waals surface area (Å²) >= 11 is 0. The summed E-state index contributed by atoms with van der Waals surface area (Å²) in [5, 5.41) is 10.4. The van der Waals surface area contributed by atoms with Crippen LogP contribution in [0.4, 0.5) is 0 Å². The number of hydrogen-bond acceptors (Lipinski definition) is 5. The van der Waals surface area contributed by atoms with Crippen LogP contribution in [0, 0.1) is 0 Å². The Kier molecular flexibility index (Phi) is 4.14. The third-order valence-corrected chi connectivity index (χ3v) is 4.81. The molecule has 0 amide bonds. The average Bonchev–Trinajstić information content (AvgIpc) is 3.08. The first-order valence-electron chi connectivity index (χ1n) is 9.00. The van der Waals surface area contributed by atoms with E-state index >= 15 is 0 Å². The van der Waals surface area contributed by atoms with Crippen LogP contribution >= 0.6 is 0 Å². The van der Waals surface area contributed by atoms with Gasteiger partial charge in [-0.1, -0.05) is 30.3 Å². The van der Waals surface area contributed by atoms with Gasteiger partial charge in [-0.25, -0.2) is 9.20 Å². The second-order valence-electron chi connectivity index (χ2n) is 6.41. The van der Waals surface area contributed by atoms with E-state index in [-0.39, 0.29) is 35.9 Å². The van der Waals surface area contributed by atoms with Crippen molar-refractivity contribution in [2.24, 2.45) is 0 Å². The summed E-state index contributed by atoms with van der Waals surface area (Å²) in [4.78, 5) is 42.6. The SMILES string of the molecule is CCn1c(=O)c2c(nc3n(Cc4ccccc4)c(O)cc(=O)n23)n(CC)c1=O. The summed E-state index contributed by atoms with van der Waals surface area (Å²) in [6, 6.07) is 10.4. The van der Waals surface area contributed by atoms with Gasteiger partial charge in [-0.2, -0.15) is 4.98 Å². The zero-order chi connectivity index (χ0) is 20.0. The molecule has 3 heterocycles. The van der Waals surface area contributed by atoms with E-state index < -0.39 is 16.8 Å². The molecule has 0 unspecified atom stereocenters. The quantitative estimate of drug-likeness (QED) is 0.562. The van der Waals surface area contributed by atoms with Crippen molar-refractivity contribution in [2.75, 3.05) is 0 Å². The van der Waals surface area contributed by atoms with Crippen molar-refractivity contribution in [1.82, 2.24) is 23.1 Å². The molecule has 28 heavy (non-hydrogen) atoms. The molecule has 0 bridgehead atoms. The second kappa shape index (κ2) is 6.52. The molecule has 0 aliphatic carbocycles. The highest BCUT2D eigenvalue weighted by molar-refractivity contribution is 5.75. The molecule has 0 aliphatic heterocycles. The van der Waals surface area contributed by atoms with E-state index in [2.05, 4.69) is 4.98 Å². The number of nitrogens with zero attached hydrogens (tertiary/aromatic N) is 5. The minimum atomic E-state index is -0.583. The number of rotatable bonds is 4. The number of fused-ring (bicyclic) bond motifs is 3. The summed E-state index contributed by atoms with van der Waals surface area (Å²) in [5.41, 5.74) is -0.586. The minimum Gasteiger partial charge on any atom is -0.494 e. The van der Waals surface area contributed by atoms with Crippen LogP contribution in [0.25, 0.3) is 16.9 Å². The van der Waals surface area contributed by atoms with Gasteiger partial charge >= 0.3 is 5.69 Å². The summed E-state index contributed by atoms with van der Waals surface area (Å²) in [5.74, 6) is -0.158. The fourth-order valence-electron chi connectivity index (χ4n) is 3.45. The Balaban J connectivity index is 2.17. The smallest absolute Gasteiger partial charge is 0.332 e. The van der Waals surface area contributed by atoms with Gasteiger partial charge in [0.15, 0.2) is 17.0 Å². The number of benzene rings is 1. The Labute approximate surface area is 158 Å². The Morgan fingerprint density at radius 3 is 2.29 bits per heavy atom. The van der Waals surface area contributed by atoms with Gasteiger partial charge in [0.1, 0.15) is 0 Å². The molecule has 1 aromatic carbocycles. The van der Waals surface area contributed by atoms with Crippen molar-refractivity contribution >= 4 is 16.9 Å². The molecule has 0 saturated heterocycles. The van der Waals surface area contributed by atoms with Gasteiger partial charge in [0.2, 0.25) is 5.78 Å². The Hall–Kier alpha value is -3.62. The monoisotopic (exact) mass is 381 g/mol. The van der Waals surface area contributed by atoms with Crippen LogP contribution in [0.1, 0.15) is 19.4 Å². The number of aromatic hydroxyl groups is 1. The highest BCUT2D eigenvalue weighted by Crippen LogP contribution is 2.17. The van der Waals surface area contributed by atoms with E-state index in [1.165, 1.54) is 9.13 Å². The van der Waals surface area contributed by atoms with Crippen LogP contribution in [0.15, 0.2) is 50.8 Å². The standard InChI is InChI=1S/C19H19N5O4/c1-3-21-16-15(17(27)22(4-2)19(21)28)24-14(26)10-13(25)23(18(24)20-16)11-12-8-6-5-7-9-12/h5-10,25H,3-4,11H2,1-2H3. The number of aromatic nitrogens is 5. The molecule has 0 radical (unpaired) electrons. The first-order chi connectivity index (χ1) is 13.5. The third-order valence-electron chi connectivity index (χ3n) is 4.81. The molecule has 0 fully saturated rings. The summed E-state index contributed by atoms with van der Waals surface area (Å²) < 4.78 is 5.04. The summed E-state index contributed by atoms with van der Waals surface area (Å²) in [7, 11) is 0. The van der Waals surface area contributed by atoms with Gasteiger partial charge in [0.25, 0.3) is 11.1 Å².